The molecule has 0 saturated heterocycles. The van der Waals surface area contributed by atoms with Gasteiger partial charge in [0.15, 0.2) is 0 Å². The van der Waals surface area contributed by atoms with Crippen molar-refractivity contribution in [3.05, 3.63) is 83.6 Å². The van der Waals surface area contributed by atoms with Gasteiger partial charge in [-0.1, -0.05) is 49.4 Å². The Bertz CT molecular complexity index is 1200. The molecule has 0 aromatic heterocycles. The van der Waals surface area contributed by atoms with Crippen molar-refractivity contribution in [2.45, 2.75) is 26.7 Å². The first-order valence-corrected chi connectivity index (χ1v) is 10.5. The van der Waals surface area contributed by atoms with E-state index >= 15 is 0 Å². The number of nitriles is 2. The summed E-state index contributed by atoms with van der Waals surface area (Å²) < 4.78 is 0. The van der Waals surface area contributed by atoms with Crippen LogP contribution >= 0.6 is 0 Å². The maximum atomic E-state index is 12.9. The van der Waals surface area contributed by atoms with Crippen molar-refractivity contribution in [2.24, 2.45) is 16.6 Å². The predicted molar refractivity (Wildman–Crippen MR) is 126 cm³/mol. The second-order valence-electron chi connectivity index (χ2n) is 8.41. The van der Waals surface area contributed by atoms with Crippen LogP contribution in [-0.4, -0.2) is 11.8 Å². The first-order valence-electron chi connectivity index (χ1n) is 10.5. The van der Waals surface area contributed by atoms with Gasteiger partial charge in [-0.25, -0.2) is 0 Å². The number of nitrogens with one attached hydrogen (secondary N) is 2. The number of nitrogens with zero attached hydrogens (tertiary/aromatic N) is 2. The van der Waals surface area contributed by atoms with Gasteiger partial charge in [0.1, 0.15) is 11.5 Å². The predicted octanol–water partition coefficient (Wildman–Crippen LogP) is 4.26. The zero-order chi connectivity index (χ0) is 24.1. The molecule has 2 aromatic rings. The van der Waals surface area contributed by atoms with Gasteiger partial charge >= 0.3 is 0 Å². The number of carbonyl (C=O) groups excluding carboxylic acids is 2. The van der Waals surface area contributed by atoms with Crippen molar-refractivity contribution in [1.82, 2.24) is 0 Å². The molecule has 1 aliphatic carbocycles. The van der Waals surface area contributed by atoms with Crippen molar-refractivity contribution < 1.29 is 9.59 Å². The molecule has 4 N–H and O–H groups in total. The van der Waals surface area contributed by atoms with Crippen LogP contribution in [0.1, 0.15) is 26.7 Å². The van der Waals surface area contributed by atoms with E-state index in [-0.39, 0.29) is 35.9 Å². The first kappa shape index (κ1) is 23.3. The van der Waals surface area contributed by atoms with Crippen molar-refractivity contribution in [3.8, 4) is 12.1 Å². The Hall–Kier alpha value is -4.36. The summed E-state index contributed by atoms with van der Waals surface area (Å²) in [5.41, 5.74) is 5.79. The number of nitrogens with two attached hydrogens (primary N) is 1. The fourth-order valence-electron chi connectivity index (χ4n) is 3.98. The molecule has 0 bridgehead atoms. The van der Waals surface area contributed by atoms with Crippen LogP contribution in [0, 0.1) is 33.5 Å². The molecule has 0 fully saturated rings. The molecule has 2 atom stereocenters. The topological polar surface area (TPSA) is 132 Å². The van der Waals surface area contributed by atoms with Gasteiger partial charge in [-0.3, -0.25) is 9.59 Å². The molecule has 0 unspecified atom stereocenters. The van der Waals surface area contributed by atoms with Gasteiger partial charge in [0.25, 0.3) is 0 Å². The molecule has 0 saturated carbocycles. The lowest BCUT2D eigenvalue weighted by Gasteiger charge is -2.43. The molecule has 0 aliphatic heterocycles. The van der Waals surface area contributed by atoms with Crippen molar-refractivity contribution in [1.29, 1.82) is 10.5 Å². The van der Waals surface area contributed by atoms with E-state index in [1.54, 1.807) is 68.5 Å². The second kappa shape index (κ2) is 9.42. The number of anilines is 2. The summed E-state index contributed by atoms with van der Waals surface area (Å²) in [6.45, 7) is 3.36. The number of rotatable bonds is 6. The van der Waals surface area contributed by atoms with Crippen LogP contribution in [0.4, 0.5) is 11.4 Å². The minimum absolute atomic E-state index is 0.0604. The SMILES string of the molecule is C[C@@]1(CC(=O)Nc2ccccc2)C=C(CC(=O)Nc2ccccc2)C(C#N)=C(N)[C@@]1(C)C#N. The van der Waals surface area contributed by atoms with Gasteiger partial charge in [0.05, 0.1) is 18.1 Å². The highest BCUT2D eigenvalue weighted by Gasteiger charge is 2.51. The fraction of sp³-hybridized carbons (Fsp3) is 0.231. The third-order valence-corrected chi connectivity index (χ3v) is 6.09. The number of carbonyl (C=O) groups is 2. The molecule has 0 heterocycles. The lowest BCUT2D eigenvalue weighted by molar-refractivity contribution is -0.118. The van der Waals surface area contributed by atoms with E-state index in [1.807, 2.05) is 18.2 Å². The molecule has 2 aromatic carbocycles. The van der Waals surface area contributed by atoms with E-state index in [9.17, 15) is 20.1 Å². The summed E-state index contributed by atoms with van der Waals surface area (Å²) in [7, 11) is 0. The maximum absolute atomic E-state index is 12.9. The largest absolute Gasteiger partial charge is 0.400 e. The molecule has 0 radical (unpaired) electrons. The van der Waals surface area contributed by atoms with E-state index in [0.717, 1.165) is 0 Å². The van der Waals surface area contributed by atoms with Crippen molar-refractivity contribution in [3.63, 3.8) is 0 Å². The van der Waals surface area contributed by atoms with Crippen LogP contribution in [0.2, 0.25) is 0 Å². The van der Waals surface area contributed by atoms with Gasteiger partial charge in [-0.15, -0.1) is 0 Å². The van der Waals surface area contributed by atoms with E-state index in [0.29, 0.717) is 16.9 Å². The third-order valence-electron chi connectivity index (χ3n) is 6.09. The molecule has 166 valence electrons. The highest BCUT2D eigenvalue weighted by molar-refractivity contribution is 5.94. The summed E-state index contributed by atoms with van der Waals surface area (Å²) in [4.78, 5) is 25.6. The van der Waals surface area contributed by atoms with Crippen LogP contribution < -0.4 is 16.4 Å². The summed E-state index contributed by atoms with van der Waals surface area (Å²) in [5.74, 6) is -0.632. The zero-order valence-electron chi connectivity index (χ0n) is 18.6. The molecular formula is C26H25N5O2. The Labute approximate surface area is 193 Å². The van der Waals surface area contributed by atoms with Crippen LogP contribution in [0.25, 0.3) is 0 Å². The summed E-state index contributed by atoms with van der Waals surface area (Å²) in [6.07, 6.45) is 1.51. The number of para-hydroxylation sites is 2. The monoisotopic (exact) mass is 439 g/mol. The Morgan fingerprint density at radius 1 is 0.909 bits per heavy atom. The Kier molecular flexibility index (Phi) is 6.65. The number of hydrogen-bond donors (Lipinski definition) is 3. The lowest BCUT2D eigenvalue weighted by atomic mass is 9.58. The molecular weight excluding hydrogens is 414 g/mol. The van der Waals surface area contributed by atoms with Crippen LogP contribution in [-0.2, 0) is 9.59 Å². The van der Waals surface area contributed by atoms with Gasteiger partial charge in [-0.05, 0) is 36.8 Å². The Morgan fingerprint density at radius 3 is 1.91 bits per heavy atom. The van der Waals surface area contributed by atoms with Gasteiger partial charge < -0.3 is 16.4 Å². The van der Waals surface area contributed by atoms with Crippen molar-refractivity contribution >= 4 is 23.2 Å². The van der Waals surface area contributed by atoms with Crippen LogP contribution in [0.5, 0.6) is 0 Å². The lowest BCUT2D eigenvalue weighted by Crippen LogP contribution is -2.45. The summed E-state index contributed by atoms with van der Waals surface area (Å²) >= 11 is 0. The Balaban J connectivity index is 1.91. The number of benzene rings is 2. The zero-order valence-corrected chi connectivity index (χ0v) is 18.6. The van der Waals surface area contributed by atoms with E-state index in [2.05, 4.69) is 16.7 Å². The second-order valence-corrected chi connectivity index (χ2v) is 8.41. The smallest absolute Gasteiger partial charge is 0.228 e. The first-order chi connectivity index (χ1) is 15.7. The minimum atomic E-state index is -1.31. The molecule has 3 rings (SSSR count). The average Bonchev–Trinajstić information content (AvgIpc) is 2.79. The average molecular weight is 440 g/mol. The maximum Gasteiger partial charge on any atom is 0.228 e. The molecule has 7 heteroatoms. The van der Waals surface area contributed by atoms with Gasteiger partial charge in [-0.2, -0.15) is 10.5 Å². The number of allylic oxidation sites excluding steroid dienone is 3. The summed E-state index contributed by atoms with van der Waals surface area (Å²) in [5, 5.41) is 25.4. The number of hydrogen-bond acceptors (Lipinski definition) is 5. The fourth-order valence-corrected chi connectivity index (χ4v) is 3.98. The molecule has 0 spiro atoms. The molecule has 33 heavy (non-hydrogen) atoms. The van der Waals surface area contributed by atoms with Crippen LogP contribution in [0.3, 0.4) is 0 Å². The third kappa shape index (κ3) is 4.78. The van der Waals surface area contributed by atoms with Crippen molar-refractivity contribution in [2.75, 3.05) is 10.6 Å². The molecule has 2 amide bonds. The summed E-state index contributed by atoms with van der Waals surface area (Å²) in [6, 6.07) is 22.2. The highest BCUT2D eigenvalue weighted by atomic mass is 16.2. The normalized spacial score (nSPS) is 21.9. The number of amides is 2. The van der Waals surface area contributed by atoms with Crippen LogP contribution in [0.15, 0.2) is 83.6 Å². The molecule has 7 nitrogen and oxygen atoms in total. The van der Waals surface area contributed by atoms with E-state index in [4.69, 9.17) is 5.73 Å². The van der Waals surface area contributed by atoms with Gasteiger partial charge in [0, 0.05) is 28.9 Å². The molecule has 1 aliphatic rings. The standard InChI is InChI=1S/C26H25N5O2/c1-25(15-23(33)31-20-11-7-4-8-12-20)14-18(21(16-27)24(29)26(25,2)17-28)13-22(32)30-19-9-5-3-6-10-19/h3-12,14H,13,15,29H2,1-2H3,(H,30,32)(H,31,33)/t25-,26+/m0/s1. The van der Waals surface area contributed by atoms with Gasteiger partial charge in [0.2, 0.25) is 11.8 Å². The highest BCUT2D eigenvalue weighted by Crippen LogP contribution is 2.52. The van der Waals surface area contributed by atoms with E-state index in [1.165, 1.54) is 0 Å². The van der Waals surface area contributed by atoms with E-state index < -0.39 is 10.8 Å². The quantitative estimate of drug-likeness (QED) is 0.619. The minimum Gasteiger partial charge on any atom is -0.400 e. The Morgan fingerprint density at radius 2 is 1.42 bits per heavy atom.